The maximum absolute atomic E-state index is 11.0. The third-order valence-corrected chi connectivity index (χ3v) is 3.06. The lowest BCUT2D eigenvalue weighted by molar-refractivity contribution is -0.386. The second-order valence-electron chi connectivity index (χ2n) is 4.36. The standard InChI is InChI=1S/C12H19N3O5/c1-7-8(11(17)9(16)4-5-13-2)6-14-12(20-3)10(7)15(18)19/h6,9,11,13,16-17H,4-5H2,1-3H3. The summed E-state index contributed by atoms with van der Waals surface area (Å²) in [7, 11) is 3.01. The minimum atomic E-state index is -1.24. The van der Waals surface area contributed by atoms with Gasteiger partial charge in [-0.25, -0.2) is 4.98 Å². The third kappa shape index (κ3) is 3.41. The van der Waals surface area contributed by atoms with E-state index in [0.29, 0.717) is 13.0 Å². The maximum atomic E-state index is 11.0. The average molecular weight is 285 g/mol. The molecule has 0 fully saturated rings. The van der Waals surface area contributed by atoms with Crippen molar-refractivity contribution in [3.8, 4) is 5.88 Å². The topological polar surface area (TPSA) is 118 Å². The largest absolute Gasteiger partial charge is 0.476 e. The number of aliphatic hydroxyl groups is 2. The van der Waals surface area contributed by atoms with E-state index in [4.69, 9.17) is 4.74 Å². The molecule has 0 aliphatic rings. The molecular weight excluding hydrogens is 266 g/mol. The molecule has 0 amide bonds. The molecular formula is C12H19N3O5. The molecule has 0 radical (unpaired) electrons. The molecule has 0 aliphatic carbocycles. The molecule has 0 aromatic carbocycles. The minimum absolute atomic E-state index is 0.117. The van der Waals surface area contributed by atoms with Crippen LogP contribution in [-0.4, -0.2) is 46.9 Å². The van der Waals surface area contributed by atoms with E-state index in [-0.39, 0.29) is 22.7 Å². The van der Waals surface area contributed by atoms with Gasteiger partial charge in [-0.1, -0.05) is 0 Å². The molecule has 8 heteroatoms. The van der Waals surface area contributed by atoms with Gasteiger partial charge in [0.25, 0.3) is 5.88 Å². The van der Waals surface area contributed by atoms with Crippen LogP contribution in [0.3, 0.4) is 0 Å². The van der Waals surface area contributed by atoms with Gasteiger partial charge in [0.15, 0.2) is 0 Å². The smallest absolute Gasteiger partial charge is 0.334 e. The number of nitro groups is 1. The number of nitrogens with zero attached hydrogens (tertiary/aromatic N) is 2. The summed E-state index contributed by atoms with van der Waals surface area (Å²) in [5.41, 5.74) is 0.156. The zero-order valence-electron chi connectivity index (χ0n) is 11.7. The highest BCUT2D eigenvalue weighted by Crippen LogP contribution is 2.33. The Hall–Kier alpha value is -1.77. The van der Waals surface area contributed by atoms with E-state index in [1.54, 1.807) is 7.05 Å². The second kappa shape index (κ2) is 7.13. The van der Waals surface area contributed by atoms with Crippen LogP contribution >= 0.6 is 0 Å². The number of aliphatic hydroxyl groups excluding tert-OH is 2. The van der Waals surface area contributed by atoms with Crippen LogP contribution in [0.5, 0.6) is 5.88 Å². The number of nitrogens with one attached hydrogen (secondary N) is 1. The molecule has 0 aliphatic heterocycles. The van der Waals surface area contributed by atoms with Crippen LogP contribution in [0.15, 0.2) is 6.20 Å². The molecule has 2 unspecified atom stereocenters. The van der Waals surface area contributed by atoms with Crippen LogP contribution in [0.25, 0.3) is 0 Å². The Morgan fingerprint density at radius 1 is 1.55 bits per heavy atom. The van der Waals surface area contributed by atoms with Crippen molar-refractivity contribution >= 4 is 5.69 Å². The first-order valence-electron chi connectivity index (χ1n) is 6.12. The van der Waals surface area contributed by atoms with Gasteiger partial charge in [0.05, 0.1) is 18.1 Å². The van der Waals surface area contributed by atoms with E-state index in [2.05, 4.69) is 10.3 Å². The van der Waals surface area contributed by atoms with Crippen LogP contribution in [0.4, 0.5) is 5.69 Å². The Balaban J connectivity index is 3.13. The Labute approximate surface area is 116 Å². The van der Waals surface area contributed by atoms with E-state index >= 15 is 0 Å². The number of rotatable bonds is 7. The molecule has 0 saturated carbocycles. The normalized spacial score (nSPS) is 13.8. The summed E-state index contributed by atoms with van der Waals surface area (Å²) in [6.45, 7) is 2.01. The van der Waals surface area contributed by atoms with Gasteiger partial charge in [-0.2, -0.15) is 0 Å². The number of ether oxygens (including phenoxy) is 1. The zero-order chi connectivity index (χ0) is 15.3. The third-order valence-electron chi connectivity index (χ3n) is 3.06. The Morgan fingerprint density at radius 3 is 2.70 bits per heavy atom. The molecule has 112 valence electrons. The van der Waals surface area contributed by atoms with Crippen molar-refractivity contribution in [2.75, 3.05) is 20.7 Å². The lowest BCUT2D eigenvalue weighted by Gasteiger charge is -2.19. The molecule has 1 aromatic heterocycles. The fourth-order valence-electron chi connectivity index (χ4n) is 1.90. The SMILES string of the molecule is CNCCC(O)C(O)c1cnc(OC)c([N+](=O)[O-])c1C. The van der Waals surface area contributed by atoms with Crippen molar-refractivity contribution in [1.29, 1.82) is 0 Å². The molecule has 3 N–H and O–H groups in total. The van der Waals surface area contributed by atoms with Gasteiger partial charge in [-0.05, 0) is 26.9 Å². The van der Waals surface area contributed by atoms with Gasteiger partial charge in [0, 0.05) is 17.3 Å². The van der Waals surface area contributed by atoms with Crippen molar-refractivity contribution in [1.82, 2.24) is 10.3 Å². The van der Waals surface area contributed by atoms with E-state index in [1.165, 1.54) is 20.2 Å². The van der Waals surface area contributed by atoms with Gasteiger partial charge in [-0.15, -0.1) is 0 Å². The predicted molar refractivity (Wildman–Crippen MR) is 71.7 cm³/mol. The second-order valence-corrected chi connectivity index (χ2v) is 4.36. The Kier molecular flexibility index (Phi) is 5.81. The Morgan fingerprint density at radius 2 is 2.20 bits per heavy atom. The van der Waals surface area contributed by atoms with Crippen molar-refractivity contribution in [3.63, 3.8) is 0 Å². The first-order valence-corrected chi connectivity index (χ1v) is 6.12. The van der Waals surface area contributed by atoms with Crippen molar-refractivity contribution in [2.45, 2.75) is 25.6 Å². The highest BCUT2D eigenvalue weighted by atomic mass is 16.6. The zero-order valence-corrected chi connectivity index (χ0v) is 11.7. The van der Waals surface area contributed by atoms with Crippen LogP contribution in [0.1, 0.15) is 23.7 Å². The van der Waals surface area contributed by atoms with Crippen molar-refractivity contribution in [2.24, 2.45) is 0 Å². The molecule has 2 atom stereocenters. The summed E-state index contributed by atoms with van der Waals surface area (Å²) in [5.74, 6) is -0.117. The fraction of sp³-hybridized carbons (Fsp3) is 0.583. The first-order chi connectivity index (χ1) is 9.43. The molecule has 20 heavy (non-hydrogen) atoms. The van der Waals surface area contributed by atoms with E-state index < -0.39 is 17.1 Å². The highest BCUT2D eigenvalue weighted by molar-refractivity contribution is 5.51. The summed E-state index contributed by atoms with van der Waals surface area (Å²) in [4.78, 5) is 14.2. The lowest BCUT2D eigenvalue weighted by Crippen LogP contribution is -2.24. The lowest BCUT2D eigenvalue weighted by atomic mass is 9.99. The summed E-state index contributed by atoms with van der Waals surface area (Å²) in [5, 5.41) is 33.9. The fourth-order valence-corrected chi connectivity index (χ4v) is 1.90. The van der Waals surface area contributed by atoms with Crippen LogP contribution < -0.4 is 10.1 Å². The molecule has 0 saturated heterocycles. The molecule has 0 spiro atoms. The van der Waals surface area contributed by atoms with Crippen LogP contribution in [-0.2, 0) is 0 Å². The summed E-state index contributed by atoms with van der Waals surface area (Å²) in [6.07, 6.45) is -0.665. The number of aromatic nitrogens is 1. The number of methoxy groups -OCH3 is 1. The number of pyridine rings is 1. The molecule has 1 rings (SSSR count). The molecule has 1 aromatic rings. The van der Waals surface area contributed by atoms with E-state index in [0.717, 1.165) is 0 Å². The van der Waals surface area contributed by atoms with Gasteiger partial charge in [-0.3, -0.25) is 10.1 Å². The molecule has 8 nitrogen and oxygen atoms in total. The number of hydrogen-bond donors (Lipinski definition) is 3. The van der Waals surface area contributed by atoms with Crippen LogP contribution in [0, 0.1) is 17.0 Å². The number of hydrogen-bond acceptors (Lipinski definition) is 7. The molecule has 1 heterocycles. The van der Waals surface area contributed by atoms with Crippen molar-refractivity contribution in [3.05, 3.63) is 27.4 Å². The minimum Gasteiger partial charge on any atom is -0.476 e. The summed E-state index contributed by atoms with van der Waals surface area (Å²) in [6, 6.07) is 0. The molecule has 0 bridgehead atoms. The monoisotopic (exact) mass is 285 g/mol. The first kappa shape index (κ1) is 16.3. The predicted octanol–water partition coefficient (Wildman–Crippen LogP) is 0.311. The highest BCUT2D eigenvalue weighted by Gasteiger charge is 2.28. The van der Waals surface area contributed by atoms with Gasteiger partial charge >= 0.3 is 5.69 Å². The Bertz CT molecular complexity index is 480. The van der Waals surface area contributed by atoms with Gasteiger partial charge in [0.2, 0.25) is 0 Å². The quantitative estimate of drug-likeness (QED) is 0.487. The maximum Gasteiger partial charge on any atom is 0.334 e. The average Bonchev–Trinajstić information content (AvgIpc) is 2.42. The van der Waals surface area contributed by atoms with Crippen LogP contribution in [0.2, 0.25) is 0 Å². The summed E-state index contributed by atoms with van der Waals surface area (Å²) < 4.78 is 4.84. The van der Waals surface area contributed by atoms with Crippen molar-refractivity contribution < 1.29 is 19.9 Å². The van der Waals surface area contributed by atoms with E-state index in [1.807, 2.05) is 0 Å². The van der Waals surface area contributed by atoms with E-state index in [9.17, 15) is 20.3 Å². The van der Waals surface area contributed by atoms with Gasteiger partial charge in [0.1, 0.15) is 6.10 Å². The summed E-state index contributed by atoms with van der Waals surface area (Å²) >= 11 is 0. The van der Waals surface area contributed by atoms with Gasteiger partial charge < -0.3 is 20.3 Å².